The van der Waals surface area contributed by atoms with E-state index in [1.54, 1.807) is 6.08 Å². The maximum Gasteiger partial charge on any atom is 0.508 e. The minimum absolute atomic E-state index is 0.0634. The number of rotatable bonds is 7. The number of hydrogen-bond acceptors (Lipinski definition) is 4. The highest BCUT2D eigenvalue weighted by molar-refractivity contribution is 6.99. The summed E-state index contributed by atoms with van der Waals surface area (Å²) in [7, 11) is -1.23. The Bertz CT molecular complexity index is 696. The van der Waals surface area contributed by atoms with Gasteiger partial charge in [0.15, 0.2) is 0 Å². The second-order valence-corrected chi connectivity index (χ2v) is 11.5. The molecule has 2 aromatic carbocycles. The van der Waals surface area contributed by atoms with Crippen molar-refractivity contribution in [1.29, 1.82) is 0 Å². The molecule has 2 aromatic rings. The lowest BCUT2D eigenvalue weighted by Gasteiger charge is -2.42. The van der Waals surface area contributed by atoms with Crippen molar-refractivity contribution in [3.63, 3.8) is 0 Å². The maximum absolute atomic E-state index is 11.0. The van der Waals surface area contributed by atoms with Gasteiger partial charge in [-0.25, -0.2) is 4.79 Å². The zero-order valence-corrected chi connectivity index (χ0v) is 17.5. The van der Waals surface area contributed by atoms with E-state index in [4.69, 9.17) is 9.16 Å². The van der Waals surface area contributed by atoms with Gasteiger partial charge in [-0.1, -0.05) is 87.5 Å². The molecule has 5 heteroatoms. The van der Waals surface area contributed by atoms with Crippen LogP contribution in [0.5, 0.6) is 0 Å². The topological polar surface area (TPSA) is 44.8 Å². The van der Waals surface area contributed by atoms with E-state index in [0.717, 1.165) is 0 Å². The van der Waals surface area contributed by atoms with Gasteiger partial charge >= 0.3 is 6.16 Å². The molecule has 0 fully saturated rings. The van der Waals surface area contributed by atoms with E-state index in [1.807, 2.05) is 18.2 Å². The molecule has 0 aliphatic rings. The van der Waals surface area contributed by atoms with Gasteiger partial charge in [0.05, 0.1) is 13.7 Å². The van der Waals surface area contributed by atoms with Crippen LogP contribution in [0.4, 0.5) is 4.79 Å². The average Bonchev–Trinajstić information content (AvgIpc) is 2.67. The number of ether oxygens (including phenoxy) is 2. The normalized spacial score (nSPS) is 12.1. The SMILES string of the molecule is COC(=O)OC/C=C/CO[Si](c1ccccc1)(c1ccccc1)C(C)(C)C. The van der Waals surface area contributed by atoms with Gasteiger partial charge in [-0.15, -0.1) is 0 Å². The van der Waals surface area contributed by atoms with Crippen LogP contribution in [-0.4, -0.2) is 34.8 Å². The largest absolute Gasteiger partial charge is 0.508 e. The molecule has 4 nitrogen and oxygen atoms in total. The highest BCUT2D eigenvalue weighted by atomic mass is 28.4. The van der Waals surface area contributed by atoms with E-state index in [2.05, 4.69) is 74.0 Å². The fourth-order valence-electron chi connectivity index (χ4n) is 3.25. The van der Waals surface area contributed by atoms with Crippen molar-refractivity contribution in [3.05, 3.63) is 72.8 Å². The summed E-state index contributed by atoms with van der Waals surface area (Å²) in [6.45, 7) is 7.32. The molecule has 0 saturated heterocycles. The van der Waals surface area contributed by atoms with Crippen molar-refractivity contribution >= 4 is 24.8 Å². The standard InChI is InChI=1S/C22H28O4Si/c1-22(2,3)27(19-13-7-5-8-14-19,20-15-9-6-10-16-20)26-18-12-11-17-25-21(23)24-4/h5-16H,17-18H2,1-4H3/b12-11+. The quantitative estimate of drug-likeness (QED) is 0.413. The Kier molecular flexibility index (Phi) is 7.39. The van der Waals surface area contributed by atoms with Gasteiger partial charge in [0.1, 0.15) is 6.61 Å². The molecule has 0 bridgehead atoms. The van der Waals surface area contributed by atoms with Crippen LogP contribution in [0.2, 0.25) is 5.04 Å². The number of hydrogen-bond donors (Lipinski definition) is 0. The molecule has 0 unspecified atom stereocenters. The molecule has 0 aromatic heterocycles. The van der Waals surface area contributed by atoms with E-state index in [9.17, 15) is 4.79 Å². The predicted octanol–water partition coefficient (Wildman–Crippen LogP) is 3.90. The molecule has 0 N–H and O–H groups in total. The second-order valence-electron chi connectivity index (χ2n) is 7.21. The summed E-state index contributed by atoms with van der Waals surface area (Å²) < 4.78 is 16.0. The molecular formula is C22H28O4Si. The molecule has 0 amide bonds. The van der Waals surface area contributed by atoms with Crippen LogP contribution in [0.15, 0.2) is 72.8 Å². The fraction of sp³-hybridized carbons (Fsp3) is 0.318. The van der Waals surface area contributed by atoms with E-state index < -0.39 is 14.5 Å². The molecule has 2 rings (SSSR count). The van der Waals surface area contributed by atoms with E-state index in [0.29, 0.717) is 6.61 Å². The third-order valence-electron chi connectivity index (χ3n) is 4.44. The molecule has 0 spiro atoms. The zero-order chi connectivity index (χ0) is 19.8. The van der Waals surface area contributed by atoms with Crippen molar-refractivity contribution in [3.8, 4) is 0 Å². The molecule has 0 atom stereocenters. The van der Waals surface area contributed by atoms with Crippen LogP contribution < -0.4 is 10.4 Å². The molecule has 0 aliphatic carbocycles. The lowest BCUT2D eigenvalue weighted by atomic mass is 10.2. The Labute approximate surface area is 162 Å². The van der Waals surface area contributed by atoms with Gasteiger partial charge in [0, 0.05) is 0 Å². The minimum atomic E-state index is -2.52. The van der Waals surface area contributed by atoms with Crippen LogP contribution in [0.3, 0.4) is 0 Å². The van der Waals surface area contributed by atoms with E-state index >= 15 is 0 Å². The summed E-state index contributed by atoms with van der Waals surface area (Å²) >= 11 is 0. The maximum atomic E-state index is 11.0. The summed E-state index contributed by atoms with van der Waals surface area (Å²) in [6.07, 6.45) is 2.98. The van der Waals surface area contributed by atoms with Crippen LogP contribution in [0.1, 0.15) is 20.8 Å². The lowest BCUT2D eigenvalue weighted by Crippen LogP contribution is -2.66. The fourth-order valence-corrected chi connectivity index (χ4v) is 7.75. The highest BCUT2D eigenvalue weighted by Crippen LogP contribution is 2.36. The third-order valence-corrected chi connectivity index (χ3v) is 9.45. The lowest BCUT2D eigenvalue weighted by molar-refractivity contribution is 0.0817. The summed E-state index contributed by atoms with van der Waals surface area (Å²) in [4.78, 5) is 11.0. The Balaban J connectivity index is 2.30. The van der Waals surface area contributed by atoms with Crippen molar-refractivity contribution in [2.45, 2.75) is 25.8 Å². The molecule has 0 heterocycles. The van der Waals surface area contributed by atoms with Gasteiger partial charge < -0.3 is 13.9 Å². The van der Waals surface area contributed by atoms with Crippen LogP contribution in [0, 0.1) is 0 Å². The Morgan fingerprint density at radius 3 is 1.81 bits per heavy atom. The molecule has 0 saturated carbocycles. The van der Waals surface area contributed by atoms with Crippen molar-refractivity contribution in [1.82, 2.24) is 0 Å². The number of benzene rings is 2. The Morgan fingerprint density at radius 1 is 0.889 bits per heavy atom. The first kappa shape index (κ1) is 20.9. The van der Waals surface area contributed by atoms with Gasteiger partial charge in [0.25, 0.3) is 8.32 Å². The van der Waals surface area contributed by atoms with Gasteiger partial charge in [-0.3, -0.25) is 0 Å². The second kappa shape index (κ2) is 9.53. The van der Waals surface area contributed by atoms with Crippen molar-refractivity contribution in [2.24, 2.45) is 0 Å². The van der Waals surface area contributed by atoms with Gasteiger partial charge in [-0.05, 0) is 21.5 Å². The summed E-state index contributed by atoms with van der Waals surface area (Å²) in [5.74, 6) is 0. The van der Waals surface area contributed by atoms with Gasteiger partial charge in [0.2, 0.25) is 0 Å². The number of carbonyl (C=O) groups excluding carboxylic acids is 1. The molecule has 144 valence electrons. The first-order chi connectivity index (χ1) is 12.9. The van der Waals surface area contributed by atoms with Crippen molar-refractivity contribution in [2.75, 3.05) is 20.3 Å². The Hall–Kier alpha value is -2.37. The predicted molar refractivity (Wildman–Crippen MR) is 111 cm³/mol. The smallest absolute Gasteiger partial charge is 0.438 e. The zero-order valence-electron chi connectivity index (χ0n) is 16.5. The molecule has 0 aliphatic heterocycles. The Morgan fingerprint density at radius 2 is 1.37 bits per heavy atom. The van der Waals surface area contributed by atoms with Crippen LogP contribution in [-0.2, 0) is 13.9 Å². The van der Waals surface area contributed by atoms with Gasteiger partial charge in [-0.2, -0.15) is 0 Å². The van der Waals surface area contributed by atoms with Crippen LogP contribution >= 0.6 is 0 Å². The monoisotopic (exact) mass is 384 g/mol. The average molecular weight is 385 g/mol. The first-order valence-electron chi connectivity index (χ1n) is 9.02. The van der Waals surface area contributed by atoms with E-state index in [1.165, 1.54) is 17.5 Å². The summed E-state index contributed by atoms with van der Waals surface area (Å²) in [6, 6.07) is 21.0. The molecule has 27 heavy (non-hydrogen) atoms. The van der Waals surface area contributed by atoms with Crippen molar-refractivity contribution < 1.29 is 18.7 Å². The summed E-state index contributed by atoms with van der Waals surface area (Å²) in [5.41, 5.74) is 0. The molecular weight excluding hydrogens is 356 g/mol. The minimum Gasteiger partial charge on any atom is -0.438 e. The number of methoxy groups -OCH3 is 1. The third kappa shape index (κ3) is 5.08. The number of carbonyl (C=O) groups is 1. The first-order valence-corrected chi connectivity index (χ1v) is 10.9. The van der Waals surface area contributed by atoms with E-state index in [-0.39, 0.29) is 11.6 Å². The highest BCUT2D eigenvalue weighted by Gasteiger charge is 2.49. The molecule has 0 radical (unpaired) electrons. The summed E-state index contributed by atoms with van der Waals surface area (Å²) in [5, 5.41) is 2.41. The van der Waals surface area contributed by atoms with Crippen LogP contribution in [0.25, 0.3) is 0 Å².